The molecule has 10 nitrogen and oxygen atoms in total. The Kier molecular flexibility index (Phi) is 8.59. The molecule has 0 spiro atoms. The number of hydrogen-bond acceptors (Lipinski definition) is 6. The fourth-order valence-corrected chi connectivity index (χ4v) is 2.48. The average molecular weight is 424 g/mol. The van der Waals surface area contributed by atoms with Crippen molar-refractivity contribution in [3.05, 3.63) is 70.8 Å². The van der Waals surface area contributed by atoms with Crippen LogP contribution < -0.4 is 10.9 Å². The zero-order valence-corrected chi connectivity index (χ0v) is 16.3. The second-order valence-electron chi connectivity index (χ2n) is 6.22. The number of carboxylic acids is 2. The molecule has 0 fully saturated rings. The van der Waals surface area contributed by atoms with Crippen molar-refractivity contribution in [1.29, 1.82) is 0 Å². The summed E-state index contributed by atoms with van der Waals surface area (Å²) < 4.78 is 0. The van der Waals surface area contributed by atoms with E-state index >= 15 is 0 Å². The second-order valence-corrected chi connectivity index (χ2v) is 6.22. The van der Waals surface area contributed by atoms with Gasteiger partial charge in [-0.25, -0.2) is 20.4 Å². The van der Waals surface area contributed by atoms with Crippen LogP contribution in [0.1, 0.15) is 51.1 Å². The topological polar surface area (TPSA) is 158 Å². The normalized spacial score (nSPS) is 10.8. The highest BCUT2D eigenvalue weighted by molar-refractivity contribution is 5.99. The molecule has 2 rings (SSSR count). The van der Waals surface area contributed by atoms with Gasteiger partial charge in [-0.2, -0.15) is 10.2 Å². The van der Waals surface area contributed by atoms with Crippen molar-refractivity contribution in [1.82, 2.24) is 10.9 Å². The van der Waals surface area contributed by atoms with Gasteiger partial charge >= 0.3 is 11.9 Å². The van der Waals surface area contributed by atoms with E-state index in [0.29, 0.717) is 11.1 Å². The summed E-state index contributed by atoms with van der Waals surface area (Å²) in [7, 11) is 0. The largest absolute Gasteiger partial charge is 0.478 e. The highest BCUT2D eigenvalue weighted by Crippen LogP contribution is 2.07. The molecule has 10 heteroatoms. The molecule has 0 aliphatic rings. The maximum absolute atomic E-state index is 11.8. The lowest BCUT2D eigenvalue weighted by Gasteiger charge is -2.02. The Balaban J connectivity index is 1.73. The predicted molar refractivity (Wildman–Crippen MR) is 112 cm³/mol. The number of nitrogens with zero attached hydrogens (tertiary/aromatic N) is 2. The zero-order chi connectivity index (χ0) is 22.6. The van der Waals surface area contributed by atoms with E-state index in [0.717, 1.165) is 0 Å². The van der Waals surface area contributed by atoms with Crippen molar-refractivity contribution < 1.29 is 29.4 Å². The molecule has 2 aromatic rings. The minimum Gasteiger partial charge on any atom is -0.478 e. The molecule has 0 aromatic heterocycles. The molecule has 0 bridgehead atoms. The van der Waals surface area contributed by atoms with Crippen molar-refractivity contribution in [2.75, 3.05) is 0 Å². The molecular weight excluding hydrogens is 404 g/mol. The number of carbonyl (C=O) groups is 4. The van der Waals surface area contributed by atoms with Gasteiger partial charge in [0.05, 0.1) is 23.6 Å². The number of carbonyl (C=O) groups excluding carboxylic acids is 2. The second kappa shape index (κ2) is 11.6. The van der Waals surface area contributed by atoms with Crippen molar-refractivity contribution in [3.63, 3.8) is 0 Å². The molecule has 160 valence electrons. The molecule has 0 heterocycles. The van der Waals surface area contributed by atoms with E-state index in [1.165, 1.54) is 24.6 Å². The monoisotopic (exact) mass is 424 g/mol. The molecule has 0 atom stereocenters. The molecule has 0 unspecified atom stereocenters. The van der Waals surface area contributed by atoms with Gasteiger partial charge in [0.25, 0.3) is 0 Å². The van der Waals surface area contributed by atoms with Gasteiger partial charge in [-0.15, -0.1) is 0 Å². The van der Waals surface area contributed by atoms with Gasteiger partial charge in [-0.3, -0.25) is 9.59 Å². The minimum absolute atomic E-state index is 0.0247. The van der Waals surface area contributed by atoms with Gasteiger partial charge in [-0.1, -0.05) is 36.4 Å². The maximum atomic E-state index is 11.8. The quantitative estimate of drug-likeness (QED) is 0.337. The van der Waals surface area contributed by atoms with E-state index in [2.05, 4.69) is 21.1 Å². The number of rotatable bonds is 10. The lowest BCUT2D eigenvalue weighted by atomic mass is 10.1. The summed E-state index contributed by atoms with van der Waals surface area (Å²) in [6, 6.07) is 12.4. The predicted octanol–water partition coefficient (Wildman–Crippen LogP) is 1.85. The van der Waals surface area contributed by atoms with E-state index in [4.69, 9.17) is 10.2 Å². The van der Waals surface area contributed by atoms with E-state index < -0.39 is 23.8 Å². The standard InChI is InChI=1S/C21H20N4O6/c26-18(24-22-12-14-6-1-3-8-16(14)20(28)29)10-5-11-19(27)25-23-13-15-7-2-4-9-17(15)21(30)31/h1-4,6-9,12-13H,5,10-11H2,(H,24,26)(H,25,27)(H,28,29)(H,30,31)/b22-12-,23-13-. The zero-order valence-electron chi connectivity index (χ0n) is 16.3. The van der Waals surface area contributed by atoms with Gasteiger partial charge in [0.2, 0.25) is 11.8 Å². The van der Waals surface area contributed by atoms with Crippen LogP contribution in [0, 0.1) is 0 Å². The van der Waals surface area contributed by atoms with Crippen molar-refractivity contribution >= 4 is 36.2 Å². The number of hydrazone groups is 2. The van der Waals surface area contributed by atoms with Crippen LogP contribution in [0.3, 0.4) is 0 Å². The Morgan fingerprint density at radius 3 is 1.48 bits per heavy atom. The molecule has 4 N–H and O–H groups in total. The average Bonchev–Trinajstić information content (AvgIpc) is 2.74. The van der Waals surface area contributed by atoms with Crippen molar-refractivity contribution in [2.45, 2.75) is 19.3 Å². The summed E-state index contributed by atoms with van der Waals surface area (Å²) >= 11 is 0. The van der Waals surface area contributed by atoms with Crippen molar-refractivity contribution in [2.24, 2.45) is 10.2 Å². The number of hydrogen-bond donors (Lipinski definition) is 4. The molecule has 0 saturated heterocycles. The lowest BCUT2D eigenvalue weighted by Crippen LogP contribution is -2.20. The number of benzene rings is 2. The summed E-state index contributed by atoms with van der Waals surface area (Å²) in [6.07, 6.45) is 2.75. The fourth-order valence-electron chi connectivity index (χ4n) is 2.48. The molecule has 0 aliphatic heterocycles. The number of amides is 2. The smallest absolute Gasteiger partial charge is 0.336 e. The summed E-state index contributed by atoms with van der Waals surface area (Å²) in [5, 5.41) is 25.6. The first-order chi connectivity index (χ1) is 14.9. The van der Waals surface area contributed by atoms with Gasteiger partial charge in [-0.05, 0) is 18.6 Å². The highest BCUT2D eigenvalue weighted by atomic mass is 16.4. The van der Waals surface area contributed by atoms with E-state index in [1.807, 2.05) is 0 Å². The third kappa shape index (κ3) is 7.54. The van der Waals surface area contributed by atoms with Crippen LogP contribution in [0.5, 0.6) is 0 Å². The molecular formula is C21H20N4O6. The number of carboxylic acid groups (broad SMARTS) is 2. The summed E-state index contributed by atoms with van der Waals surface area (Å²) in [5.74, 6) is -3.08. The number of nitrogens with one attached hydrogen (secondary N) is 2. The van der Waals surface area contributed by atoms with Crippen LogP contribution in [0.15, 0.2) is 58.7 Å². The molecule has 0 saturated carbocycles. The van der Waals surface area contributed by atoms with E-state index in [1.54, 1.807) is 36.4 Å². The summed E-state index contributed by atoms with van der Waals surface area (Å²) in [6.45, 7) is 0. The SMILES string of the molecule is O=C(CCCC(=O)N/N=C\c1ccccc1C(=O)O)N/N=C\c1ccccc1C(=O)O. The number of aromatic carboxylic acids is 2. The fraction of sp³-hybridized carbons (Fsp3) is 0.143. The van der Waals surface area contributed by atoms with Crippen LogP contribution in [-0.4, -0.2) is 46.4 Å². The molecule has 0 radical (unpaired) electrons. The Bertz CT molecular complexity index is 951. The Morgan fingerprint density at radius 2 is 1.10 bits per heavy atom. The van der Waals surface area contributed by atoms with Gasteiger partial charge in [0, 0.05) is 24.0 Å². The third-order valence-electron chi connectivity index (χ3n) is 3.98. The van der Waals surface area contributed by atoms with Crippen LogP contribution >= 0.6 is 0 Å². The first-order valence-corrected chi connectivity index (χ1v) is 9.17. The Labute approximate surface area is 177 Å². The maximum Gasteiger partial charge on any atom is 0.336 e. The third-order valence-corrected chi connectivity index (χ3v) is 3.98. The van der Waals surface area contributed by atoms with Gasteiger partial charge in [0.15, 0.2) is 0 Å². The highest BCUT2D eigenvalue weighted by Gasteiger charge is 2.08. The van der Waals surface area contributed by atoms with Gasteiger partial charge in [0.1, 0.15) is 0 Å². The van der Waals surface area contributed by atoms with Crippen LogP contribution in [0.25, 0.3) is 0 Å². The summed E-state index contributed by atoms with van der Waals surface area (Å²) in [5.41, 5.74) is 5.35. The molecule has 0 aliphatic carbocycles. The molecule has 31 heavy (non-hydrogen) atoms. The van der Waals surface area contributed by atoms with Crippen LogP contribution in [0.4, 0.5) is 0 Å². The van der Waals surface area contributed by atoms with Gasteiger partial charge < -0.3 is 10.2 Å². The molecule has 2 amide bonds. The van der Waals surface area contributed by atoms with Crippen molar-refractivity contribution in [3.8, 4) is 0 Å². The molecule has 2 aromatic carbocycles. The van der Waals surface area contributed by atoms with Crippen LogP contribution in [-0.2, 0) is 9.59 Å². The first kappa shape index (κ1) is 22.9. The van der Waals surface area contributed by atoms with E-state index in [9.17, 15) is 19.2 Å². The van der Waals surface area contributed by atoms with E-state index in [-0.39, 0.29) is 30.4 Å². The Hall–Kier alpha value is -4.34. The lowest BCUT2D eigenvalue weighted by molar-refractivity contribution is -0.122. The minimum atomic E-state index is -1.10. The Morgan fingerprint density at radius 1 is 0.710 bits per heavy atom. The van der Waals surface area contributed by atoms with Crippen LogP contribution in [0.2, 0.25) is 0 Å². The summed E-state index contributed by atoms with van der Waals surface area (Å²) in [4.78, 5) is 45.8. The first-order valence-electron chi connectivity index (χ1n) is 9.17.